The Bertz CT molecular complexity index is 307. The second-order valence-corrected chi connectivity index (χ2v) is 5.92. The monoisotopic (exact) mass is 310 g/mol. The van der Waals surface area contributed by atoms with Gasteiger partial charge in [-0.15, -0.1) is 6.58 Å². The highest BCUT2D eigenvalue weighted by Gasteiger charge is 2.43. The number of ether oxygens (including phenoxy) is 2. The number of allylic oxidation sites excluding steroid dienone is 1. The summed E-state index contributed by atoms with van der Waals surface area (Å²) in [5.74, 6) is -0.632. The van der Waals surface area contributed by atoms with E-state index in [1.54, 1.807) is 0 Å². The lowest BCUT2D eigenvalue weighted by molar-refractivity contribution is -0.238. The maximum atomic E-state index is 12.6. The molecular formula is C16H29F3O2. The van der Waals surface area contributed by atoms with Crippen molar-refractivity contribution >= 4 is 0 Å². The second kappa shape index (κ2) is 8.18. The van der Waals surface area contributed by atoms with Crippen LogP contribution in [0, 0.1) is 17.8 Å². The summed E-state index contributed by atoms with van der Waals surface area (Å²) in [5, 5.41) is 0. The van der Waals surface area contributed by atoms with Crippen LogP contribution >= 0.6 is 0 Å². The van der Waals surface area contributed by atoms with Gasteiger partial charge in [0.25, 0.3) is 0 Å². The molecule has 0 unspecified atom stereocenters. The minimum absolute atomic E-state index is 0. The molecule has 2 fully saturated rings. The Hall–Kier alpha value is -0.550. The fourth-order valence-electron chi connectivity index (χ4n) is 3.07. The average Bonchev–Trinajstić information content (AvgIpc) is 2.45. The third-order valence-corrected chi connectivity index (χ3v) is 4.39. The molecule has 2 aliphatic rings. The number of rotatable bonds is 4. The van der Waals surface area contributed by atoms with Gasteiger partial charge in [0, 0.05) is 13.3 Å². The van der Waals surface area contributed by atoms with Crippen LogP contribution in [0.25, 0.3) is 0 Å². The normalized spacial score (nSPS) is 34.0. The SMILES string of the molecule is C.C=CCCC1COC(C2CCC(C(F)(F)F)CC2)OC1.[HH]. The number of alkyl halides is 3. The van der Waals surface area contributed by atoms with Gasteiger partial charge in [0.15, 0.2) is 6.29 Å². The zero-order chi connectivity index (χ0) is 14.6. The lowest BCUT2D eigenvalue weighted by Gasteiger charge is -2.37. The molecule has 2 rings (SSSR count). The van der Waals surface area contributed by atoms with Crippen molar-refractivity contribution in [3.8, 4) is 0 Å². The Balaban J connectivity index is 0.00000220. The van der Waals surface area contributed by atoms with Crippen molar-refractivity contribution in [1.29, 1.82) is 0 Å². The van der Waals surface area contributed by atoms with E-state index >= 15 is 0 Å². The van der Waals surface area contributed by atoms with Crippen molar-refractivity contribution in [1.82, 2.24) is 0 Å². The van der Waals surface area contributed by atoms with Gasteiger partial charge in [0.05, 0.1) is 19.1 Å². The Morgan fingerprint density at radius 2 is 1.67 bits per heavy atom. The summed E-state index contributed by atoms with van der Waals surface area (Å²) in [6, 6.07) is 0. The van der Waals surface area contributed by atoms with Gasteiger partial charge in [-0.2, -0.15) is 13.2 Å². The van der Waals surface area contributed by atoms with Gasteiger partial charge in [0.1, 0.15) is 0 Å². The quantitative estimate of drug-likeness (QED) is 0.665. The van der Waals surface area contributed by atoms with E-state index < -0.39 is 12.1 Å². The molecule has 0 amide bonds. The van der Waals surface area contributed by atoms with Crippen LogP contribution in [-0.2, 0) is 9.47 Å². The van der Waals surface area contributed by atoms with E-state index in [-0.39, 0.29) is 33.9 Å². The zero-order valence-corrected chi connectivity index (χ0v) is 11.7. The molecule has 0 radical (unpaired) electrons. The van der Waals surface area contributed by atoms with Crippen LogP contribution in [0.2, 0.25) is 0 Å². The molecule has 0 bridgehead atoms. The van der Waals surface area contributed by atoms with Crippen LogP contribution in [-0.4, -0.2) is 25.7 Å². The highest BCUT2D eigenvalue weighted by molar-refractivity contribution is 4.80. The van der Waals surface area contributed by atoms with Gasteiger partial charge < -0.3 is 9.47 Å². The molecule has 0 spiro atoms. The second-order valence-electron chi connectivity index (χ2n) is 5.92. The summed E-state index contributed by atoms with van der Waals surface area (Å²) in [7, 11) is 0. The predicted molar refractivity (Wildman–Crippen MR) is 79.0 cm³/mol. The summed E-state index contributed by atoms with van der Waals surface area (Å²) >= 11 is 0. The first-order chi connectivity index (χ1) is 9.50. The Morgan fingerprint density at radius 1 is 1.10 bits per heavy atom. The van der Waals surface area contributed by atoms with Gasteiger partial charge in [-0.25, -0.2) is 0 Å². The largest absolute Gasteiger partial charge is 0.391 e. The van der Waals surface area contributed by atoms with Crippen molar-refractivity contribution < 1.29 is 24.1 Å². The molecule has 5 heteroatoms. The van der Waals surface area contributed by atoms with Gasteiger partial charge in [0.2, 0.25) is 0 Å². The molecular weight excluding hydrogens is 281 g/mol. The molecule has 2 nitrogen and oxygen atoms in total. The molecule has 0 aromatic heterocycles. The van der Waals surface area contributed by atoms with Gasteiger partial charge in [-0.3, -0.25) is 0 Å². The fraction of sp³-hybridized carbons (Fsp3) is 0.875. The molecule has 1 heterocycles. The lowest BCUT2D eigenvalue weighted by Crippen LogP contribution is -2.39. The van der Waals surface area contributed by atoms with Crippen LogP contribution in [0.3, 0.4) is 0 Å². The number of hydrogen-bond donors (Lipinski definition) is 0. The molecule has 1 aliphatic heterocycles. The van der Waals surface area contributed by atoms with Crippen LogP contribution in [0.1, 0.15) is 47.4 Å². The molecule has 0 N–H and O–H groups in total. The molecule has 1 saturated heterocycles. The van der Waals surface area contributed by atoms with E-state index in [2.05, 4.69) is 6.58 Å². The van der Waals surface area contributed by atoms with Gasteiger partial charge >= 0.3 is 6.18 Å². The standard InChI is InChI=1S/C15H23F3O2.CH4.H2/c1-2-3-4-11-9-19-14(20-10-11)12-5-7-13(8-6-12)15(16,17)18;;/h2,11-14H,1,3-10H2;1H4;1H. The van der Waals surface area contributed by atoms with Crippen LogP contribution in [0.4, 0.5) is 13.2 Å². The lowest BCUT2D eigenvalue weighted by atomic mass is 9.81. The summed E-state index contributed by atoms with van der Waals surface area (Å²) in [4.78, 5) is 0. The number of halogens is 3. The van der Waals surface area contributed by atoms with E-state index in [9.17, 15) is 13.2 Å². The fourth-order valence-corrected chi connectivity index (χ4v) is 3.07. The molecule has 126 valence electrons. The third kappa shape index (κ3) is 5.29. The topological polar surface area (TPSA) is 18.5 Å². The van der Waals surface area contributed by atoms with Crippen molar-refractivity contribution in [2.75, 3.05) is 13.2 Å². The van der Waals surface area contributed by atoms with E-state index in [4.69, 9.17) is 9.47 Å². The molecule has 1 aliphatic carbocycles. The van der Waals surface area contributed by atoms with Gasteiger partial charge in [-0.1, -0.05) is 13.5 Å². The zero-order valence-electron chi connectivity index (χ0n) is 11.7. The van der Waals surface area contributed by atoms with Crippen molar-refractivity contribution in [2.45, 2.75) is 58.4 Å². The third-order valence-electron chi connectivity index (χ3n) is 4.39. The van der Waals surface area contributed by atoms with E-state index in [1.165, 1.54) is 0 Å². The van der Waals surface area contributed by atoms with E-state index in [0.29, 0.717) is 32.0 Å². The van der Waals surface area contributed by atoms with E-state index in [1.807, 2.05) is 6.08 Å². The molecule has 21 heavy (non-hydrogen) atoms. The summed E-state index contributed by atoms with van der Waals surface area (Å²) < 4.78 is 49.2. The van der Waals surface area contributed by atoms with Crippen molar-refractivity contribution in [3.05, 3.63) is 12.7 Å². The van der Waals surface area contributed by atoms with Crippen LogP contribution in [0.5, 0.6) is 0 Å². The maximum absolute atomic E-state index is 12.6. The van der Waals surface area contributed by atoms with Crippen LogP contribution in [0.15, 0.2) is 12.7 Å². The summed E-state index contributed by atoms with van der Waals surface area (Å²) in [5.41, 5.74) is 0. The smallest absolute Gasteiger partial charge is 0.352 e. The molecule has 0 aromatic rings. The van der Waals surface area contributed by atoms with Crippen LogP contribution < -0.4 is 0 Å². The Labute approximate surface area is 127 Å². The molecule has 1 saturated carbocycles. The average molecular weight is 310 g/mol. The minimum atomic E-state index is -4.05. The van der Waals surface area contributed by atoms with Gasteiger partial charge in [-0.05, 0) is 38.5 Å². The summed E-state index contributed by atoms with van der Waals surface area (Å²) in [6.07, 6.45) is 0.978. The maximum Gasteiger partial charge on any atom is 0.391 e. The molecule has 0 aromatic carbocycles. The first-order valence-electron chi connectivity index (χ1n) is 7.41. The Morgan fingerprint density at radius 3 is 2.14 bits per heavy atom. The predicted octanol–water partition coefficient (Wildman–Crippen LogP) is 5.19. The first-order valence-corrected chi connectivity index (χ1v) is 7.41. The van der Waals surface area contributed by atoms with E-state index in [0.717, 1.165) is 12.8 Å². The minimum Gasteiger partial charge on any atom is -0.352 e. The summed E-state index contributed by atoms with van der Waals surface area (Å²) in [6.45, 7) is 4.99. The molecule has 0 atom stereocenters. The highest BCUT2D eigenvalue weighted by atomic mass is 19.4. The highest BCUT2D eigenvalue weighted by Crippen LogP contribution is 2.41. The number of hydrogen-bond acceptors (Lipinski definition) is 2. The van der Waals surface area contributed by atoms with Crippen molar-refractivity contribution in [3.63, 3.8) is 0 Å². The Kier molecular flexibility index (Phi) is 7.21. The van der Waals surface area contributed by atoms with Crippen molar-refractivity contribution in [2.24, 2.45) is 17.8 Å². The first kappa shape index (κ1) is 18.5.